The monoisotopic (exact) mass is 337 g/mol. The number of thiazole rings is 1. The molecule has 3 rings (SSSR count). The fraction of sp³-hybridized carbons (Fsp3) is 0. The van der Waals surface area contributed by atoms with Gasteiger partial charge in [-0.15, -0.1) is 11.3 Å². The molecule has 1 heterocycles. The first-order valence-corrected chi connectivity index (χ1v) is 7.58. The van der Waals surface area contributed by atoms with Crippen molar-refractivity contribution in [2.75, 3.05) is 11.1 Å². The lowest BCUT2D eigenvalue weighted by Gasteiger charge is -2.09. The minimum atomic E-state index is -0.319. The quantitative estimate of drug-likeness (QED) is 0.679. The second-order valence-corrected chi connectivity index (χ2v) is 6.01. The van der Waals surface area contributed by atoms with Crippen LogP contribution in [0, 0.1) is 0 Å². The minimum absolute atomic E-state index is 0.319. The van der Waals surface area contributed by atoms with Crippen LogP contribution in [0.15, 0.2) is 35.8 Å². The molecule has 3 N–H and O–H groups in total. The van der Waals surface area contributed by atoms with Crippen LogP contribution in [0.4, 0.5) is 11.4 Å². The van der Waals surface area contributed by atoms with E-state index in [0.29, 0.717) is 32.5 Å². The molecular weight excluding hydrogens is 329 g/mol. The molecule has 0 saturated heterocycles. The second kappa shape index (κ2) is 5.52. The summed E-state index contributed by atoms with van der Waals surface area (Å²) in [5, 5.41) is 3.62. The minimum Gasteiger partial charge on any atom is -0.398 e. The topological polar surface area (TPSA) is 68.0 Å². The van der Waals surface area contributed by atoms with E-state index in [2.05, 4.69) is 10.3 Å². The number of carbonyl (C=O) groups is 1. The van der Waals surface area contributed by atoms with Crippen molar-refractivity contribution in [3.8, 4) is 0 Å². The van der Waals surface area contributed by atoms with Gasteiger partial charge in [0.25, 0.3) is 5.91 Å². The first kappa shape index (κ1) is 14.1. The Bertz CT molecular complexity index is 847. The van der Waals surface area contributed by atoms with Gasteiger partial charge in [0.2, 0.25) is 0 Å². The molecule has 1 aromatic heterocycles. The number of nitrogens with one attached hydrogen (secondary N) is 1. The van der Waals surface area contributed by atoms with E-state index in [0.717, 1.165) is 4.70 Å². The maximum absolute atomic E-state index is 12.3. The van der Waals surface area contributed by atoms with Crippen LogP contribution in [0.2, 0.25) is 10.0 Å². The van der Waals surface area contributed by atoms with Gasteiger partial charge in [0, 0.05) is 5.56 Å². The van der Waals surface area contributed by atoms with E-state index < -0.39 is 0 Å². The molecule has 21 heavy (non-hydrogen) atoms. The predicted molar refractivity (Wildman–Crippen MR) is 88.4 cm³/mol. The maximum atomic E-state index is 12.3. The van der Waals surface area contributed by atoms with Crippen LogP contribution >= 0.6 is 34.5 Å². The van der Waals surface area contributed by atoms with Crippen LogP contribution < -0.4 is 11.1 Å². The molecule has 1 amide bonds. The molecule has 0 aliphatic carbocycles. The second-order valence-electron chi connectivity index (χ2n) is 4.31. The normalized spacial score (nSPS) is 10.8. The number of halogens is 2. The zero-order valence-electron chi connectivity index (χ0n) is 10.6. The van der Waals surface area contributed by atoms with Crippen LogP contribution in [-0.4, -0.2) is 10.9 Å². The van der Waals surface area contributed by atoms with Crippen LogP contribution in [0.5, 0.6) is 0 Å². The van der Waals surface area contributed by atoms with Gasteiger partial charge in [-0.3, -0.25) is 4.79 Å². The molecule has 106 valence electrons. The van der Waals surface area contributed by atoms with Crippen LogP contribution in [0.25, 0.3) is 10.2 Å². The number of hydrogen-bond acceptors (Lipinski definition) is 4. The van der Waals surface area contributed by atoms with Crippen molar-refractivity contribution in [2.24, 2.45) is 0 Å². The molecule has 0 unspecified atom stereocenters. The number of carbonyl (C=O) groups excluding carboxylic acids is 1. The van der Waals surface area contributed by atoms with Crippen molar-refractivity contribution in [1.82, 2.24) is 4.98 Å². The zero-order valence-corrected chi connectivity index (χ0v) is 12.9. The van der Waals surface area contributed by atoms with E-state index in [1.54, 1.807) is 23.7 Å². The van der Waals surface area contributed by atoms with Crippen LogP contribution in [0.3, 0.4) is 0 Å². The fourth-order valence-corrected chi connectivity index (χ4v) is 2.90. The van der Waals surface area contributed by atoms with Crippen molar-refractivity contribution in [3.63, 3.8) is 0 Å². The average molecular weight is 338 g/mol. The van der Waals surface area contributed by atoms with Crippen LogP contribution in [-0.2, 0) is 0 Å². The third-order valence-corrected chi connectivity index (χ3v) is 4.40. The molecule has 4 nitrogen and oxygen atoms in total. The molecule has 0 fully saturated rings. The summed E-state index contributed by atoms with van der Waals surface area (Å²) in [6.45, 7) is 0. The largest absolute Gasteiger partial charge is 0.398 e. The fourth-order valence-electron chi connectivity index (χ4n) is 1.90. The van der Waals surface area contributed by atoms with Gasteiger partial charge in [-0.25, -0.2) is 4.98 Å². The van der Waals surface area contributed by atoms with Gasteiger partial charge in [0.05, 0.1) is 31.6 Å². The predicted octanol–water partition coefficient (Wildman–Crippen LogP) is 4.44. The Hall–Kier alpha value is -1.82. The molecule has 0 saturated carbocycles. The van der Waals surface area contributed by atoms with Crippen LogP contribution in [0.1, 0.15) is 10.4 Å². The average Bonchev–Trinajstić information content (AvgIpc) is 2.93. The molecule has 3 aromatic rings. The molecule has 0 bridgehead atoms. The molecule has 0 spiro atoms. The number of nitrogen functional groups attached to an aromatic ring is 1. The summed E-state index contributed by atoms with van der Waals surface area (Å²) in [6, 6.07) is 8.30. The van der Waals surface area contributed by atoms with Gasteiger partial charge < -0.3 is 11.1 Å². The first-order valence-electron chi connectivity index (χ1n) is 5.94. The van der Waals surface area contributed by atoms with Gasteiger partial charge in [-0.2, -0.15) is 0 Å². The maximum Gasteiger partial charge on any atom is 0.255 e. The number of benzene rings is 2. The van der Waals surface area contributed by atoms with Gasteiger partial charge in [-0.05, 0) is 30.3 Å². The lowest BCUT2D eigenvalue weighted by molar-refractivity contribution is 0.102. The Morgan fingerprint density at radius 2 is 1.95 bits per heavy atom. The molecule has 7 heteroatoms. The lowest BCUT2D eigenvalue weighted by atomic mass is 10.2. The Morgan fingerprint density at radius 3 is 2.71 bits per heavy atom. The highest BCUT2D eigenvalue weighted by molar-refractivity contribution is 7.16. The number of fused-ring (bicyclic) bond motifs is 1. The summed E-state index contributed by atoms with van der Waals surface area (Å²) in [4.78, 5) is 16.5. The summed E-state index contributed by atoms with van der Waals surface area (Å²) >= 11 is 13.5. The number of rotatable bonds is 2. The number of anilines is 2. The van der Waals surface area contributed by atoms with E-state index in [9.17, 15) is 4.79 Å². The van der Waals surface area contributed by atoms with Gasteiger partial charge in [0.15, 0.2) is 0 Å². The highest BCUT2D eigenvalue weighted by atomic mass is 35.5. The molecule has 0 atom stereocenters. The van der Waals surface area contributed by atoms with E-state index in [1.165, 1.54) is 17.4 Å². The van der Waals surface area contributed by atoms with Gasteiger partial charge in [0.1, 0.15) is 5.52 Å². The van der Waals surface area contributed by atoms with Crippen molar-refractivity contribution >= 4 is 62.0 Å². The van der Waals surface area contributed by atoms with E-state index in [-0.39, 0.29) is 5.91 Å². The highest BCUT2D eigenvalue weighted by Gasteiger charge is 2.14. The number of aromatic nitrogens is 1. The first-order chi connectivity index (χ1) is 10.1. The molecule has 0 aliphatic rings. The number of hydrogen-bond donors (Lipinski definition) is 2. The number of nitrogens with two attached hydrogens (primary N) is 1. The van der Waals surface area contributed by atoms with E-state index in [4.69, 9.17) is 28.9 Å². The number of amides is 1. The summed E-state index contributed by atoms with van der Waals surface area (Å²) in [6.07, 6.45) is 0. The van der Waals surface area contributed by atoms with Crippen molar-refractivity contribution in [2.45, 2.75) is 0 Å². The van der Waals surface area contributed by atoms with Gasteiger partial charge >= 0.3 is 0 Å². The SMILES string of the molecule is Nc1cc(C(=O)Nc2c(Cl)ccc3scnc23)ccc1Cl. The Kier molecular flexibility index (Phi) is 3.71. The Morgan fingerprint density at radius 1 is 1.19 bits per heavy atom. The molecule has 2 aromatic carbocycles. The Labute approximate surface area is 134 Å². The summed E-state index contributed by atoms with van der Waals surface area (Å²) in [5.41, 5.74) is 9.33. The lowest BCUT2D eigenvalue weighted by Crippen LogP contribution is -2.13. The third-order valence-electron chi connectivity index (χ3n) is 2.95. The summed E-state index contributed by atoms with van der Waals surface area (Å²) in [5.74, 6) is -0.319. The molecule has 0 aliphatic heterocycles. The summed E-state index contributed by atoms with van der Waals surface area (Å²) < 4.78 is 0.949. The number of nitrogens with zero attached hydrogens (tertiary/aromatic N) is 1. The smallest absolute Gasteiger partial charge is 0.255 e. The van der Waals surface area contributed by atoms with Crippen molar-refractivity contribution in [3.05, 3.63) is 51.5 Å². The van der Waals surface area contributed by atoms with E-state index in [1.807, 2.05) is 6.07 Å². The molecule has 0 radical (unpaired) electrons. The highest BCUT2D eigenvalue weighted by Crippen LogP contribution is 2.32. The van der Waals surface area contributed by atoms with Gasteiger partial charge in [-0.1, -0.05) is 23.2 Å². The third kappa shape index (κ3) is 2.68. The summed E-state index contributed by atoms with van der Waals surface area (Å²) in [7, 11) is 0. The van der Waals surface area contributed by atoms with Crippen molar-refractivity contribution in [1.29, 1.82) is 0 Å². The standard InChI is InChI=1S/C14H9Cl2N3OS/c15-8-2-1-7(5-10(8)17)14(20)19-12-9(16)3-4-11-13(12)18-6-21-11/h1-6H,17H2,(H,19,20). The van der Waals surface area contributed by atoms with E-state index >= 15 is 0 Å². The molecular formula is C14H9Cl2N3OS. The van der Waals surface area contributed by atoms with Crippen molar-refractivity contribution < 1.29 is 4.79 Å². The Balaban J connectivity index is 1.98. The zero-order chi connectivity index (χ0) is 15.0.